The monoisotopic (exact) mass is 352 g/mol. The highest BCUT2D eigenvalue weighted by Crippen LogP contribution is 2.33. The number of aromatic nitrogens is 1. The molecule has 1 aromatic heterocycles. The Labute approximate surface area is 128 Å². The second-order valence-electron chi connectivity index (χ2n) is 4.20. The summed E-state index contributed by atoms with van der Waals surface area (Å²) in [7, 11) is 0. The summed E-state index contributed by atoms with van der Waals surface area (Å²) in [6.45, 7) is 2.06. The first-order chi connectivity index (χ1) is 9.13. The first kappa shape index (κ1) is 12.9. The number of thiazole rings is 1. The van der Waals surface area contributed by atoms with Gasteiger partial charge >= 0.3 is 0 Å². The van der Waals surface area contributed by atoms with E-state index in [1.165, 1.54) is 5.56 Å². The molecule has 0 fully saturated rings. The van der Waals surface area contributed by atoms with Crippen LogP contribution in [0.5, 0.6) is 0 Å². The SMILES string of the molecule is Cc1ccc(Nc2nc3cccc(Cl)c3s2)cc1Br. The van der Waals surface area contributed by atoms with Crippen molar-refractivity contribution in [1.29, 1.82) is 0 Å². The van der Waals surface area contributed by atoms with Crippen molar-refractivity contribution in [1.82, 2.24) is 4.98 Å². The number of nitrogens with zero attached hydrogens (tertiary/aromatic N) is 1. The molecule has 0 saturated carbocycles. The van der Waals surface area contributed by atoms with Gasteiger partial charge in [-0.15, -0.1) is 0 Å². The minimum absolute atomic E-state index is 0.744. The molecule has 5 heteroatoms. The molecule has 2 nitrogen and oxygen atoms in total. The zero-order valence-corrected chi connectivity index (χ0v) is 13.2. The Balaban J connectivity index is 1.96. The number of rotatable bonds is 2. The molecule has 0 saturated heterocycles. The van der Waals surface area contributed by atoms with Crippen LogP contribution in [0.4, 0.5) is 10.8 Å². The average molecular weight is 354 g/mol. The smallest absolute Gasteiger partial charge is 0.188 e. The minimum atomic E-state index is 0.744. The van der Waals surface area contributed by atoms with E-state index in [4.69, 9.17) is 11.6 Å². The summed E-state index contributed by atoms with van der Waals surface area (Å²) < 4.78 is 2.09. The number of hydrogen-bond donors (Lipinski definition) is 1. The van der Waals surface area contributed by atoms with Crippen LogP contribution in [0.15, 0.2) is 40.9 Å². The summed E-state index contributed by atoms with van der Waals surface area (Å²) in [6.07, 6.45) is 0. The second-order valence-corrected chi connectivity index (χ2v) is 6.46. The van der Waals surface area contributed by atoms with Crippen molar-refractivity contribution < 1.29 is 0 Å². The molecule has 1 heterocycles. The van der Waals surface area contributed by atoms with Gasteiger partial charge in [0.25, 0.3) is 0 Å². The molecular formula is C14H10BrClN2S. The van der Waals surface area contributed by atoms with E-state index in [0.717, 1.165) is 30.5 Å². The van der Waals surface area contributed by atoms with E-state index < -0.39 is 0 Å². The number of halogens is 2. The van der Waals surface area contributed by atoms with Crippen molar-refractivity contribution >= 4 is 59.9 Å². The minimum Gasteiger partial charge on any atom is -0.331 e. The second kappa shape index (κ2) is 5.12. The fourth-order valence-corrected chi connectivity index (χ4v) is 3.32. The fraction of sp³-hybridized carbons (Fsp3) is 0.0714. The van der Waals surface area contributed by atoms with Crippen LogP contribution >= 0.6 is 38.9 Å². The summed E-state index contributed by atoms with van der Waals surface area (Å²) in [5, 5.41) is 4.90. The summed E-state index contributed by atoms with van der Waals surface area (Å²) in [5.74, 6) is 0. The normalized spacial score (nSPS) is 10.9. The molecule has 0 aliphatic heterocycles. The summed E-state index contributed by atoms with van der Waals surface area (Å²) in [4.78, 5) is 4.53. The molecule has 0 unspecified atom stereocenters. The lowest BCUT2D eigenvalue weighted by Crippen LogP contribution is -1.89. The predicted molar refractivity (Wildman–Crippen MR) is 86.8 cm³/mol. The van der Waals surface area contributed by atoms with Gasteiger partial charge in [-0.25, -0.2) is 4.98 Å². The maximum absolute atomic E-state index is 6.15. The number of hydrogen-bond acceptors (Lipinski definition) is 3. The van der Waals surface area contributed by atoms with Crippen molar-refractivity contribution in [3.63, 3.8) is 0 Å². The van der Waals surface area contributed by atoms with Crippen LogP contribution in [0, 0.1) is 6.92 Å². The predicted octanol–water partition coefficient (Wildman–Crippen LogP) is 5.76. The van der Waals surface area contributed by atoms with Gasteiger partial charge < -0.3 is 5.32 Å². The molecule has 1 N–H and O–H groups in total. The third-order valence-corrected chi connectivity index (χ3v) is 5.09. The summed E-state index contributed by atoms with van der Waals surface area (Å²) >= 11 is 11.2. The van der Waals surface area contributed by atoms with Crippen LogP contribution in [-0.2, 0) is 0 Å². The Hall–Kier alpha value is -1.10. The molecule has 0 amide bonds. The van der Waals surface area contributed by atoms with E-state index in [1.54, 1.807) is 11.3 Å². The number of anilines is 2. The van der Waals surface area contributed by atoms with Crippen LogP contribution in [0.3, 0.4) is 0 Å². The van der Waals surface area contributed by atoms with Gasteiger partial charge in [-0.3, -0.25) is 0 Å². The lowest BCUT2D eigenvalue weighted by Gasteiger charge is -2.04. The molecule has 0 bridgehead atoms. The summed E-state index contributed by atoms with van der Waals surface area (Å²) in [6, 6.07) is 11.9. The highest BCUT2D eigenvalue weighted by Gasteiger charge is 2.07. The maximum atomic E-state index is 6.15. The quantitative estimate of drug-likeness (QED) is 0.633. The van der Waals surface area contributed by atoms with Gasteiger partial charge in [-0.1, -0.05) is 51.0 Å². The van der Waals surface area contributed by atoms with Gasteiger partial charge in [-0.2, -0.15) is 0 Å². The van der Waals surface area contributed by atoms with Crippen molar-refractivity contribution in [2.45, 2.75) is 6.92 Å². The number of fused-ring (bicyclic) bond motifs is 1. The van der Waals surface area contributed by atoms with Gasteiger partial charge in [0.2, 0.25) is 0 Å². The molecule has 96 valence electrons. The van der Waals surface area contributed by atoms with Crippen LogP contribution in [0.25, 0.3) is 10.2 Å². The Morgan fingerprint density at radius 1 is 1.26 bits per heavy atom. The summed E-state index contributed by atoms with van der Waals surface area (Å²) in [5.41, 5.74) is 3.14. The van der Waals surface area contributed by atoms with Crippen LogP contribution < -0.4 is 5.32 Å². The Kier molecular flexibility index (Phi) is 3.48. The van der Waals surface area contributed by atoms with Crippen LogP contribution in [0.1, 0.15) is 5.56 Å². The van der Waals surface area contributed by atoms with Crippen molar-refractivity contribution in [3.8, 4) is 0 Å². The molecule has 0 aliphatic carbocycles. The van der Waals surface area contributed by atoms with Gasteiger partial charge in [0.05, 0.1) is 15.2 Å². The lowest BCUT2D eigenvalue weighted by atomic mass is 10.2. The van der Waals surface area contributed by atoms with Crippen molar-refractivity contribution in [3.05, 3.63) is 51.5 Å². The Morgan fingerprint density at radius 3 is 2.84 bits per heavy atom. The molecular weight excluding hydrogens is 344 g/mol. The van der Waals surface area contributed by atoms with E-state index >= 15 is 0 Å². The molecule has 0 atom stereocenters. The van der Waals surface area contributed by atoms with E-state index in [9.17, 15) is 0 Å². The van der Waals surface area contributed by atoms with Gasteiger partial charge in [-0.05, 0) is 36.8 Å². The Bertz CT molecular complexity index is 754. The Morgan fingerprint density at radius 2 is 2.11 bits per heavy atom. The largest absolute Gasteiger partial charge is 0.331 e. The molecule has 3 rings (SSSR count). The number of aryl methyl sites for hydroxylation is 1. The van der Waals surface area contributed by atoms with Crippen LogP contribution in [0.2, 0.25) is 5.02 Å². The van der Waals surface area contributed by atoms with E-state index in [0.29, 0.717) is 0 Å². The molecule has 3 aromatic rings. The number of nitrogens with one attached hydrogen (secondary N) is 1. The highest BCUT2D eigenvalue weighted by molar-refractivity contribution is 9.10. The standard InChI is InChI=1S/C14H10BrClN2S/c1-8-5-6-9(7-10(8)15)17-14-18-12-4-2-3-11(16)13(12)19-14/h2-7H,1H3,(H,17,18). The lowest BCUT2D eigenvalue weighted by molar-refractivity contribution is 1.40. The fourth-order valence-electron chi connectivity index (χ4n) is 1.76. The molecule has 19 heavy (non-hydrogen) atoms. The molecule has 0 aliphatic rings. The molecule has 0 radical (unpaired) electrons. The zero-order valence-electron chi connectivity index (χ0n) is 10.1. The van der Waals surface area contributed by atoms with Crippen LogP contribution in [-0.4, -0.2) is 4.98 Å². The van der Waals surface area contributed by atoms with Crippen molar-refractivity contribution in [2.24, 2.45) is 0 Å². The van der Waals surface area contributed by atoms with E-state index in [2.05, 4.69) is 39.2 Å². The molecule has 0 spiro atoms. The van der Waals surface area contributed by atoms with Crippen molar-refractivity contribution in [2.75, 3.05) is 5.32 Å². The third-order valence-electron chi connectivity index (χ3n) is 2.79. The number of benzene rings is 2. The van der Waals surface area contributed by atoms with Gasteiger partial charge in [0, 0.05) is 10.2 Å². The van der Waals surface area contributed by atoms with Gasteiger partial charge in [0.15, 0.2) is 5.13 Å². The molecule has 2 aromatic carbocycles. The van der Waals surface area contributed by atoms with Gasteiger partial charge in [0.1, 0.15) is 0 Å². The highest BCUT2D eigenvalue weighted by atomic mass is 79.9. The van der Waals surface area contributed by atoms with E-state index in [1.807, 2.05) is 30.3 Å². The first-order valence-electron chi connectivity index (χ1n) is 5.72. The zero-order chi connectivity index (χ0) is 13.4. The first-order valence-corrected chi connectivity index (χ1v) is 7.70. The van der Waals surface area contributed by atoms with E-state index in [-0.39, 0.29) is 0 Å². The topological polar surface area (TPSA) is 24.9 Å². The maximum Gasteiger partial charge on any atom is 0.188 e. The third kappa shape index (κ3) is 2.61. The average Bonchev–Trinajstić information content (AvgIpc) is 2.78.